The maximum atomic E-state index is 12.4. The fourth-order valence-electron chi connectivity index (χ4n) is 1.56. The van der Waals surface area contributed by atoms with Gasteiger partial charge in [-0.25, -0.2) is 9.78 Å². The molecule has 0 aliphatic carbocycles. The summed E-state index contributed by atoms with van der Waals surface area (Å²) >= 11 is 11.3. The number of ether oxygens (including phenoxy) is 1. The highest BCUT2D eigenvalue weighted by Crippen LogP contribution is 2.29. The van der Waals surface area contributed by atoms with Gasteiger partial charge < -0.3 is 4.74 Å². The van der Waals surface area contributed by atoms with Crippen molar-refractivity contribution in [3.63, 3.8) is 0 Å². The number of hydrogen-bond acceptors (Lipinski definition) is 3. The molecule has 22 heavy (non-hydrogen) atoms. The first kappa shape index (κ1) is 16.6. The van der Waals surface area contributed by atoms with E-state index in [0.717, 1.165) is 12.1 Å². The van der Waals surface area contributed by atoms with E-state index in [0.29, 0.717) is 5.56 Å². The van der Waals surface area contributed by atoms with Gasteiger partial charge >= 0.3 is 12.1 Å². The Labute approximate surface area is 133 Å². The second-order valence-electron chi connectivity index (χ2n) is 4.27. The van der Waals surface area contributed by atoms with Gasteiger partial charge in [-0.2, -0.15) is 13.2 Å². The van der Waals surface area contributed by atoms with Crippen LogP contribution < -0.4 is 0 Å². The molecule has 0 atom stereocenters. The van der Waals surface area contributed by atoms with Crippen molar-refractivity contribution in [2.24, 2.45) is 0 Å². The van der Waals surface area contributed by atoms with Gasteiger partial charge in [-0.3, -0.25) is 0 Å². The first-order valence-corrected chi connectivity index (χ1v) is 6.67. The van der Waals surface area contributed by atoms with Crippen LogP contribution in [0.3, 0.4) is 0 Å². The third-order valence-electron chi connectivity index (χ3n) is 2.68. The molecule has 0 fully saturated rings. The van der Waals surface area contributed by atoms with Crippen molar-refractivity contribution < 1.29 is 22.7 Å². The van der Waals surface area contributed by atoms with Gasteiger partial charge in [0.05, 0.1) is 16.1 Å². The molecule has 2 aromatic rings. The topological polar surface area (TPSA) is 39.2 Å². The van der Waals surface area contributed by atoms with Crippen LogP contribution in [-0.2, 0) is 17.5 Å². The predicted octanol–water partition coefficient (Wildman–Crippen LogP) is 4.76. The summed E-state index contributed by atoms with van der Waals surface area (Å²) in [6, 6.07) is 5.62. The summed E-state index contributed by atoms with van der Waals surface area (Å²) in [7, 11) is 0. The molecular formula is C14H8Cl2F3NO2. The van der Waals surface area contributed by atoms with Crippen LogP contribution in [-0.4, -0.2) is 11.0 Å². The molecule has 0 amide bonds. The predicted molar refractivity (Wildman–Crippen MR) is 74.8 cm³/mol. The Hall–Kier alpha value is -1.79. The molecule has 1 heterocycles. The van der Waals surface area contributed by atoms with Crippen LogP contribution in [0.5, 0.6) is 0 Å². The number of alkyl halides is 3. The summed E-state index contributed by atoms with van der Waals surface area (Å²) in [5.74, 6) is -0.703. The van der Waals surface area contributed by atoms with Crippen molar-refractivity contribution in [3.8, 4) is 0 Å². The molecule has 0 radical (unpaired) electrons. The summed E-state index contributed by atoms with van der Waals surface area (Å²) in [6.07, 6.45) is -3.20. The molecule has 8 heteroatoms. The van der Waals surface area contributed by atoms with E-state index in [4.69, 9.17) is 27.9 Å². The van der Waals surface area contributed by atoms with Crippen molar-refractivity contribution >= 4 is 29.2 Å². The number of benzene rings is 1. The minimum Gasteiger partial charge on any atom is -0.457 e. The smallest absolute Gasteiger partial charge is 0.416 e. The summed E-state index contributed by atoms with van der Waals surface area (Å²) in [5, 5.41) is 0.159. The monoisotopic (exact) mass is 349 g/mol. The van der Waals surface area contributed by atoms with Gasteiger partial charge in [-0.1, -0.05) is 35.3 Å². The molecule has 3 nitrogen and oxygen atoms in total. The minimum atomic E-state index is -4.40. The van der Waals surface area contributed by atoms with Crippen molar-refractivity contribution in [1.82, 2.24) is 4.98 Å². The van der Waals surface area contributed by atoms with E-state index < -0.39 is 17.7 Å². The fourth-order valence-corrected chi connectivity index (χ4v) is 1.82. The number of rotatable bonds is 3. The van der Waals surface area contributed by atoms with Crippen LogP contribution in [0.25, 0.3) is 0 Å². The number of carbonyl (C=O) groups is 1. The van der Waals surface area contributed by atoms with E-state index in [-0.39, 0.29) is 22.3 Å². The quantitative estimate of drug-likeness (QED) is 0.592. The Morgan fingerprint density at radius 1 is 1.18 bits per heavy atom. The SMILES string of the molecule is O=C(OCc1ccc(C(F)(F)F)cc1)c1cnc(Cl)c(Cl)c1. The van der Waals surface area contributed by atoms with Gasteiger partial charge in [0.1, 0.15) is 11.8 Å². The standard InChI is InChI=1S/C14H8Cl2F3NO2/c15-11-5-9(6-20-12(11)16)13(21)22-7-8-1-3-10(4-2-8)14(17,18)19/h1-6H,7H2. The average Bonchev–Trinajstić information content (AvgIpc) is 2.47. The molecule has 0 saturated carbocycles. The molecule has 2 rings (SSSR count). The Bertz CT molecular complexity index is 687. The first-order valence-electron chi connectivity index (χ1n) is 5.91. The highest BCUT2D eigenvalue weighted by Gasteiger charge is 2.29. The lowest BCUT2D eigenvalue weighted by molar-refractivity contribution is -0.137. The molecule has 0 aliphatic heterocycles. The van der Waals surface area contributed by atoms with Gasteiger partial charge in [0, 0.05) is 6.20 Å². The lowest BCUT2D eigenvalue weighted by atomic mass is 10.1. The maximum absolute atomic E-state index is 12.4. The number of carbonyl (C=O) groups excluding carboxylic acids is 1. The molecule has 0 N–H and O–H groups in total. The summed E-state index contributed by atoms with van der Waals surface area (Å²) in [4.78, 5) is 15.5. The maximum Gasteiger partial charge on any atom is 0.416 e. The van der Waals surface area contributed by atoms with E-state index in [1.807, 2.05) is 0 Å². The number of aromatic nitrogens is 1. The molecule has 0 bridgehead atoms. The first-order chi connectivity index (χ1) is 10.3. The molecule has 0 saturated heterocycles. The number of halogens is 5. The van der Waals surface area contributed by atoms with E-state index in [1.54, 1.807) is 0 Å². The normalized spacial score (nSPS) is 11.3. The summed E-state index contributed by atoms with van der Waals surface area (Å²) in [6.45, 7) is -0.169. The van der Waals surface area contributed by atoms with Gasteiger partial charge in [-0.05, 0) is 23.8 Å². The summed E-state index contributed by atoms with van der Waals surface area (Å²) in [5.41, 5.74) is -0.244. The number of pyridine rings is 1. The molecule has 1 aromatic carbocycles. The third-order valence-corrected chi connectivity index (χ3v) is 3.37. The van der Waals surface area contributed by atoms with Gasteiger partial charge in [0.2, 0.25) is 0 Å². The van der Waals surface area contributed by atoms with Crippen molar-refractivity contribution in [3.05, 3.63) is 63.4 Å². The summed E-state index contributed by atoms with van der Waals surface area (Å²) < 4.78 is 42.2. The Kier molecular flexibility index (Phi) is 4.93. The number of esters is 1. The van der Waals surface area contributed by atoms with Crippen molar-refractivity contribution in [2.45, 2.75) is 12.8 Å². The van der Waals surface area contributed by atoms with E-state index in [9.17, 15) is 18.0 Å². The fraction of sp³-hybridized carbons (Fsp3) is 0.143. The highest BCUT2D eigenvalue weighted by atomic mass is 35.5. The van der Waals surface area contributed by atoms with E-state index in [2.05, 4.69) is 4.98 Å². The second kappa shape index (κ2) is 6.54. The van der Waals surface area contributed by atoms with Gasteiger partial charge in [0.25, 0.3) is 0 Å². The van der Waals surface area contributed by atoms with Crippen molar-refractivity contribution in [2.75, 3.05) is 0 Å². The van der Waals surface area contributed by atoms with Gasteiger partial charge in [0.15, 0.2) is 0 Å². The Balaban J connectivity index is 2.00. The van der Waals surface area contributed by atoms with Crippen molar-refractivity contribution in [1.29, 1.82) is 0 Å². The van der Waals surface area contributed by atoms with E-state index >= 15 is 0 Å². The molecule has 0 unspecified atom stereocenters. The lowest BCUT2D eigenvalue weighted by Crippen LogP contribution is -2.07. The minimum absolute atomic E-state index is 0.0564. The molecule has 0 spiro atoms. The molecule has 0 aliphatic rings. The second-order valence-corrected chi connectivity index (χ2v) is 5.03. The zero-order valence-electron chi connectivity index (χ0n) is 10.8. The molecule has 1 aromatic heterocycles. The zero-order valence-corrected chi connectivity index (χ0v) is 12.3. The Morgan fingerprint density at radius 3 is 2.36 bits per heavy atom. The van der Waals surface area contributed by atoms with E-state index in [1.165, 1.54) is 24.4 Å². The lowest BCUT2D eigenvalue weighted by Gasteiger charge is -2.08. The molecule has 116 valence electrons. The molecular weight excluding hydrogens is 342 g/mol. The largest absolute Gasteiger partial charge is 0.457 e. The average molecular weight is 350 g/mol. The number of hydrogen-bond donors (Lipinski definition) is 0. The van der Waals surface area contributed by atoms with Crippen LogP contribution in [0.15, 0.2) is 36.5 Å². The van der Waals surface area contributed by atoms with Crippen LogP contribution in [0, 0.1) is 0 Å². The zero-order chi connectivity index (χ0) is 16.3. The van der Waals surface area contributed by atoms with Crippen LogP contribution in [0.1, 0.15) is 21.5 Å². The number of nitrogens with zero attached hydrogens (tertiary/aromatic N) is 1. The highest BCUT2D eigenvalue weighted by molar-refractivity contribution is 6.41. The van der Waals surface area contributed by atoms with Crippen LogP contribution in [0.4, 0.5) is 13.2 Å². The Morgan fingerprint density at radius 2 is 1.82 bits per heavy atom. The third kappa shape index (κ3) is 4.11. The van der Waals surface area contributed by atoms with Crippen LogP contribution in [0.2, 0.25) is 10.2 Å². The van der Waals surface area contributed by atoms with Gasteiger partial charge in [-0.15, -0.1) is 0 Å². The van der Waals surface area contributed by atoms with Crippen LogP contribution >= 0.6 is 23.2 Å².